The van der Waals surface area contributed by atoms with Crippen LogP contribution in [0.15, 0.2) is 24.3 Å². The highest BCUT2D eigenvalue weighted by Gasteiger charge is 2.45. The van der Waals surface area contributed by atoms with E-state index in [1.54, 1.807) is 4.90 Å². The fourth-order valence-corrected chi connectivity index (χ4v) is 4.94. The number of carbonyl (C=O) groups excluding carboxylic acids is 1. The summed E-state index contributed by atoms with van der Waals surface area (Å²) in [4.78, 5) is 28.2. The summed E-state index contributed by atoms with van der Waals surface area (Å²) in [6.45, 7) is 14.1. The van der Waals surface area contributed by atoms with E-state index in [-0.39, 0.29) is 6.09 Å². The van der Waals surface area contributed by atoms with Gasteiger partial charge in [0, 0.05) is 23.2 Å². The van der Waals surface area contributed by atoms with Gasteiger partial charge in [0.05, 0.1) is 5.69 Å². The highest BCUT2D eigenvalue weighted by atomic mass is 16.6. The van der Waals surface area contributed by atoms with Crippen LogP contribution < -0.4 is 4.90 Å². The highest BCUT2D eigenvalue weighted by molar-refractivity contribution is 5.91. The van der Waals surface area contributed by atoms with Crippen molar-refractivity contribution in [3.05, 3.63) is 29.8 Å². The molecule has 30 heavy (non-hydrogen) atoms. The van der Waals surface area contributed by atoms with E-state index in [0.29, 0.717) is 13.0 Å². The zero-order valence-electron chi connectivity index (χ0n) is 19.6. The molecule has 1 aromatic carbocycles. The fourth-order valence-electron chi connectivity index (χ4n) is 4.94. The summed E-state index contributed by atoms with van der Waals surface area (Å²) in [5.41, 5.74) is 0.149. The van der Waals surface area contributed by atoms with Crippen LogP contribution in [0.3, 0.4) is 0 Å². The standard InChI is InChI=1S/C24H38N2O4/c1-8-14-24(15-9-2)18-12-10-11-13-19(18)25(21(29)30-24)17-16-23(6,7)26(20(27)28)22(3,4)5/h10-13H,8-9,14-17H2,1-7H3,(H,27,28). The summed E-state index contributed by atoms with van der Waals surface area (Å²) < 4.78 is 6.09. The number of nitrogens with zero attached hydrogens (tertiary/aromatic N) is 2. The van der Waals surface area contributed by atoms with Gasteiger partial charge in [-0.05, 0) is 59.9 Å². The number of amides is 2. The van der Waals surface area contributed by atoms with Crippen LogP contribution in [0.4, 0.5) is 15.3 Å². The molecule has 0 bridgehead atoms. The molecule has 2 amide bonds. The molecule has 2 rings (SSSR count). The molecule has 1 heterocycles. The molecule has 168 valence electrons. The third kappa shape index (κ3) is 4.73. The van der Waals surface area contributed by atoms with Crippen molar-refractivity contribution in [1.82, 2.24) is 4.90 Å². The van der Waals surface area contributed by atoms with Crippen molar-refractivity contribution >= 4 is 17.9 Å². The van der Waals surface area contributed by atoms with E-state index in [9.17, 15) is 14.7 Å². The van der Waals surface area contributed by atoms with Crippen LogP contribution >= 0.6 is 0 Å². The van der Waals surface area contributed by atoms with Crippen molar-refractivity contribution in [2.24, 2.45) is 0 Å². The van der Waals surface area contributed by atoms with Crippen LogP contribution in [-0.4, -0.2) is 39.8 Å². The van der Waals surface area contributed by atoms with Gasteiger partial charge in [-0.25, -0.2) is 9.59 Å². The Morgan fingerprint density at radius 2 is 1.67 bits per heavy atom. The molecule has 0 fully saturated rings. The predicted octanol–water partition coefficient (Wildman–Crippen LogP) is 6.39. The third-order valence-electron chi connectivity index (χ3n) is 5.91. The third-order valence-corrected chi connectivity index (χ3v) is 5.91. The van der Waals surface area contributed by atoms with E-state index < -0.39 is 22.8 Å². The summed E-state index contributed by atoms with van der Waals surface area (Å²) in [5, 5.41) is 9.80. The Balaban J connectivity index is 2.36. The molecule has 0 atom stereocenters. The van der Waals surface area contributed by atoms with Gasteiger partial charge in [-0.2, -0.15) is 0 Å². The summed E-state index contributed by atoms with van der Waals surface area (Å²) in [6.07, 6.45) is 2.62. The number of hydrogen-bond acceptors (Lipinski definition) is 3. The number of ether oxygens (including phenoxy) is 1. The lowest BCUT2D eigenvalue weighted by molar-refractivity contribution is -0.0104. The van der Waals surface area contributed by atoms with E-state index >= 15 is 0 Å². The maximum Gasteiger partial charge on any atom is 0.415 e. The largest absolute Gasteiger partial charge is 0.465 e. The molecule has 1 aliphatic rings. The normalized spacial score (nSPS) is 16.1. The van der Waals surface area contributed by atoms with Gasteiger partial charge in [0.15, 0.2) is 0 Å². The zero-order chi connectivity index (χ0) is 22.7. The molecular formula is C24H38N2O4. The zero-order valence-corrected chi connectivity index (χ0v) is 19.6. The van der Waals surface area contributed by atoms with E-state index in [2.05, 4.69) is 19.9 Å². The topological polar surface area (TPSA) is 70.1 Å². The number of fused-ring (bicyclic) bond motifs is 1. The number of carbonyl (C=O) groups is 2. The molecule has 1 aliphatic heterocycles. The smallest absolute Gasteiger partial charge is 0.415 e. The van der Waals surface area contributed by atoms with E-state index in [1.807, 2.05) is 52.8 Å². The highest BCUT2D eigenvalue weighted by Crippen LogP contribution is 2.45. The van der Waals surface area contributed by atoms with Crippen LogP contribution in [0.1, 0.15) is 86.1 Å². The van der Waals surface area contributed by atoms with Crippen LogP contribution in [0, 0.1) is 0 Å². The molecule has 0 aliphatic carbocycles. The first-order valence-electron chi connectivity index (χ1n) is 11.0. The first-order chi connectivity index (χ1) is 13.9. The molecule has 1 N–H and O–H groups in total. The number of carboxylic acid groups (broad SMARTS) is 1. The molecule has 1 aromatic rings. The fraction of sp³-hybridized carbons (Fsp3) is 0.667. The molecule has 0 saturated carbocycles. The van der Waals surface area contributed by atoms with Gasteiger partial charge >= 0.3 is 12.2 Å². The van der Waals surface area contributed by atoms with Gasteiger partial charge in [-0.1, -0.05) is 44.9 Å². The lowest BCUT2D eigenvalue weighted by Crippen LogP contribution is -2.58. The number of para-hydroxylation sites is 1. The second-order valence-electron chi connectivity index (χ2n) is 9.88. The van der Waals surface area contributed by atoms with Gasteiger partial charge in [0.1, 0.15) is 5.60 Å². The molecule has 0 unspecified atom stereocenters. The van der Waals surface area contributed by atoms with Gasteiger partial charge in [-0.15, -0.1) is 0 Å². The Morgan fingerprint density at radius 3 is 2.17 bits per heavy atom. The second-order valence-corrected chi connectivity index (χ2v) is 9.88. The maximum absolute atomic E-state index is 13.1. The Labute approximate surface area is 181 Å². The monoisotopic (exact) mass is 418 g/mol. The van der Waals surface area contributed by atoms with Crippen LogP contribution in [0.5, 0.6) is 0 Å². The number of hydrogen-bond donors (Lipinski definition) is 1. The van der Waals surface area contributed by atoms with Gasteiger partial charge in [0.2, 0.25) is 0 Å². The SMILES string of the molecule is CCCC1(CCC)OC(=O)N(CCC(C)(C)N(C(=O)O)C(C)(C)C)c2ccccc21. The summed E-state index contributed by atoms with van der Waals surface area (Å²) in [7, 11) is 0. The van der Waals surface area contributed by atoms with E-state index in [0.717, 1.165) is 36.9 Å². The minimum absolute atomic E-state index is 0.343. The molecule has 0 aromatic heterocycles. The maximum atomic E-state index is 13.1. The minimum atomic E-state index is -0.959. The predicted molar refractivity (Wildman–Crippen MR) is 120 cm³/mol. The Hall–Kier alpha value is -2.24. The average Bonchev–Trinajstić information content (AvgIpc) is 2.60. The molecule has 6 heteroatoms. The van der Waals surface area contributed by atoms with Gasteiger partial charge in [-0.3, -0.25) is 9.80 Å². The summed E-state index contributed by atoms with van der Waals surface area (Å²) in [5.74, 6) is 0. The molecule has 0 spiro atoms. The molecule has 6 nitrogen and oxygen atoms in total. The van der Waals surface area contributed by atoms with Crippen molar-refractivity contribution in [2.75, 3.05) is 11.4 Å². The van der Waals surface area contributed by atoms with Crippen LogP contribution in [0.25, 0.3) is 0 Å². The molecule has 0 radical (unpaired) electrons. The van der Waals surface area contributed by atoms with E-state index in [4.69, 9.17) is 4.74 Å². The molecular weight excluding hydrogens is 380 g/mol. The van der Waals surface area contributed by atoms with Crippen molar-refractivity contribution < 1.29 is 19.4 Å². The average molecular weight is 419 g/mol. The summed E-state index contributed by atoms with van der Waals surface area (Å²) in [6, 6.07) is 7.97. The summed E-state index contributed by atoms with van der Waals surface area (Å²) >= 11 is 0. The van der Waals surface area contributed by atoms with E-state index in [1.165, 1.54) is 4.90 Å². The minimum Gasteiger partial charge on any atom is -0.465 e. The first-order valence-corrected chi connectivity index (χ1v) is 11.0. The second kappa shape index (κ2) is 8.86. The van der Waals surface area contributed by atoms with Crippen molar-refractivity contribution in [2.45, 2.75) is 97.2 Å². The Kier molecular flexibility index (Phi) is 7.10. The first kappa shape index (κ1) is 24.0. The van der Waals surface area contributed by atoms with Crippen molar-refractivity contribution in [1.29, 1.82) is 0 Å². The lowest BCUT2D eigenvalue weighted by Gasteiger charge is -2.47. The number of rotatable bonds is 8. The van der Waals surface area contributed by atoms with Gasteiger partial charge < -0.3 is 9.84 Å². The van der Waals surface area contributed by atoms with Crippen molar-refractivity contribution in [3.63, 3.8) is 0 Å². The molecule has 0 saturated heterocycles. The lowest BCUT2D eigenvalue weighted by atomic mass is 9.82. The number of cyclic esters (lactones) is 1. The Bertz CT molecular complexity index is 761. The van der Waals surface area contributed by atoms with Crippen LogP contribution in [0.2, 0.25) is 0 Å². The quantitative estimate of drug-likeness (QED) is 0.531. The van der Waals surface area contributed by atoms with Crippen molar-refractivity contribution in [3.8, 4) is 0 Å². The number of anilines is 1. The number of benzene rings is 1. The van der Waals surface area contributed by atoms with Gasteiger partial charge in [0.25, 0.3) is 0 Å². The van der Waals surface area contributed by atoms with Crippen LogP contribution in [-0.2, 0) is 10.3 Å². The Morgan fingerprint density at radius 1 is 1.10 bits per heavy atom.